The normalized spacial score (nSPS) is 14.5. The lowest BCUT2D eigenvalue weighted by atomic mass is 10.1. The average molecular weight is 490 g/mol. The van der Waals surface area contributed by atoms with Crippen LogP contribution in [0, 0.1) is 6.92 Å². The molecule has 0 atom stereocenters. The highest BCUT2D eigenvalue weighted by molar-refractivity contribution is 8.18. The van der Waals surface area contributed by atoms with Crippen molar-refractivity contribution in [2.45, 2.75) is 20.1 Å². The third kappa shape index (κ3) is 5.73. The van der Waals surface area contributed by atoms with Crippen LogP contribution in [0.5, 0.6) is 11.5 Å². The SMILES string of the molecule is COc1cc(/C=C2\SC(=O)N(Cc3cccc(C)c3)C2=O)ccc1OCc1ccc(C(=O)O)cc1. The zero-order valence-electron chi connectivity index (χ0n) is 19.2. The molecule has 3 aromatic carbocycles. The lowest BCUT2D eigenvalue weighted by Gasteiger charge is -2.13. The van der Waals surface area contributed by atoms with Gasteiger partial charge in [0.2, 0.25) is 0 Å². The second kappa shape index (κ2) is 10.5. The summed E-state index contributed by atoms with van der Waals surface area (Å²) in [7, 11) is 1.52. The summed E-state index contributed by atoms with van der Waals surface area (Å²) >= 11 is 0.913. The van der Waals surface area contributed by atoms with Gasteiger partial charge in [-0.2, -0.15) is 0 Å². The van der Waals surface area contributed by atoms with Crippen LogP contribution in [0.25, 0.3) is 6.08 Å². The number of aryl methyl sites for hydroxylation is 1. The van der Waals surface area contributed by atoms with Crippen LogP contribution in [-0.4, -0.2) is 34.2 Å². The maximum Gasteiger partial charge on any atom is 0.335 e. The predicted molar refractivity (Wildman–Crippen MR) is 133 cm³/mol. The first-order valence-electron chi connectivity index (χ1n) is 10.8. The number of methoxy groups -OCH3 is 1. The van der Waals surface area contributed by atoms with Gasteiger partial charge in [0.05, 0.1) is 24.1 Å². The number of carboxylic acids is 1. The fourth-order valence-corrected chi connectivity index (χ4v) is 4.42. The summed E-state index contributed by atoms with van der Waals surface area (Å²) in [6, 6.07) is 19.4. The molecule has 1 saturated heterocycles. The number of hydrogen-bond donors (Lipinski definition) is 1. The third-order valence-corrected chi connectivity index (χ3v) is 6.28. The van der Waals surface area contributed by atoms with Gasteiger partial charge in [0, 0.05) is 0 Å². The fraction of sp³-hybridized carbons (Fsp3) is 0.148. The summed E-state index contributed by atoms with van der Waals surface area (Å²) in [5, 5.41) is 8.70. The van der Waals surface area contributed by atoms with E-state index < -0.39 is 5.97 Å². The number of aromatic carboxylic acids is 1. The fourth-order valence-electron chi connectivity index (χ4n) is 3.58. The highest BCUT2D eigenvalue weighted by Crippen LogP contribution is 2.35. The second-order valence-electron chi connectivity index (χ2n) is 7.96. The van der Waals surface area contributed by atoms with Gasteiger partial charge in [0.25, 0.3) is 11.1 Å². The molecule has 0 aliphatic carbocycles. The zero-order chi connectivity index (χ0) is 24.9. The van der Waals surface area contributed by atoms with Crippen LogP contribution < -0.4 is 9.47 Å². The molecule has 2 amide bonds. The Balaban J connectivity index is 1.46. The molecule has 1 aliphatic rings. The molecule has 1 fully saturated rings. The van der Waals surface area contributed by atoms with E-state index in [2.05, 4.69) is 0 Å². The molecule has 178 valence electrons. The van der Waals surface area contributed by atoms with Crippen molar-refractivity contribution >= 4 is 35.0 Å². The Kier molecular flexibility index (Phi) is 7.22. The minimum Gasteiger partial charge on any atom is -0.493 e. The van der Waals surface area contributed by atoms with Crippen LogP contribution in [0.4, 0.5) is 4.79 Å². The van der Waals surface area contributed by atoms with Gasteiger partial charge in [-0.05, 0) is 65.7 Å². The number of carbonyl (C=O) groups excluding carboxylic acids is 2. The molecule has 1 heterocycles. The minimum atomic E-state index is -0.984. The van der Waals surface area contributed by atoms with E-state index in [1.165, 1.54) is 24.1 Å². The van der Waals surface area contributed by atoms with Crippen LogP contribution >= 0.6 is 11.8 Å². The van der Waals surface area contributed by atoms with Gasteiger partial charge in [0.1, 0.15) is 6.61 Å². The Labute approximate surface area is 207 Å². The molecule has 0 bridgehead atoms. The van der Waals surface area contributed by atoms with E-state index in [4.69, 9.17) is 14.6 Å². The average Bonchev–Trinajstić information content (AvgIpc) is 3.10. The monoisotopic (exact) mass is 489 g/mol. The number of carboxylic acid groups (broad SMARTS) is 1. The highest BCUT2D eigenvalue weighted by Gasteiger charge is 2.35. The Hall–Kier alpha value is -4.04. The van der Waals surface area contributed by atoms with Crippen LogP contribution in [-0.2, 0) is 17.9 Å². The molecule has 0 radical (unpaired) electrons. The molecule has 8 heteroatoms. The van der Waals surface area contributed by atoms with Crippen LogP contribution in [0.2, 0.25) is 0 Å². The number of rotatable bonds is 8. The molecular formula is C27H23NO6S. The Morgan fingerprint density at radius 2 is 1.77 bits per heavy atom. The smallest absolute Gasteiger partial charge is 0.335 e. The number of hydrogen-bond acceptors (Lipinski definition) is 6. The standard InChI is InChI=1S/C27H23NO6S/c1-17-4-3-5-20(12-17)15-28-25(29)24(35-27(28)32)14-19-8-11-22(23(13-19)33-2)34-16-18-6-9-21(10-7-18)26(30)31/h3-14H,15-16H2,1-2H3,(H,30,31)/b24-14-. The largest absolute Gasteiger partial charge is 0.493 e. The second-order valence-corrected chi connectivity index (χ2v) is 8.95. The lowest BCUT2D eigenvalue weighted by Crippen LogP contribution is -2.27. The summed E-state index contributed by atoms with van der Waals surface area (Å²) in [5.74, 6) is -0.340. The summed E-state index contributed by atoms with van der Waals surface area (Å²) in [5.41, 5.74) is 3.68. The van der Waals surface area contributed by atoms with Crippen molar-refractivity contribution in [3.05, 3.63) is 99.5 Å². The highest BCUT2D eigenvalue weighted by atomic mass is 32.2. The van der Waals surface area contributed by atoms with Gasteiger partial charge < -0.3 is 14.6 Å². The van der Waals surface area contributed by atoms with Crippen molar-refractivity contribution in [3.8, 4) is 11.5 Å². The summed E-state index contributed by atoms with van der Waals surface area (Å²) in [4.78, 5) is 37.9. The first kappa shape index (κ1) is 24.1. The number of nitrogens with zero attached hydrogens (tertiary/aromatic N) is 1. The van der Waals surface area contributed by atoms with Gasteiger partial charge in [-0.1, -0.05) is 48.0 Å². The predicted octanol–water partition coefficient (Wildman–Crippen LogP) is 5.52. The van der Waals surface area contributed by atoms with E-state index in [0.29, 0.717) is 22.0 Å². The van der Waals surface area contributed by atoms with Gasteiger partial charge in [0.15, 0.2) is 11.5 Å². The van der Waals surface area contributed by atoms with E-state index in [9.17, 15) is 14.4 Å². The number of amides is 2. The number of thioether (sulfide) groups is 1. The molecular weight excluding hydrogens is 466 g/mol. The number of imide groups is 1. The Morgan fingerprint density at radius 3 is 2.46 bits per heavy atom. The van der Waals surface area contributed by atoms with Crippen molar-refractivity contribution in [2.24, 2.45) is 0 Å². The van der Waals surface area contributed by atoms with Crippen molar-refractivity contribution in [1.29, 1.82) is 0 Å². The first-order valence-corrected chi connectivity index (χ1v) is 11.6. The summed E-state index contributed by atoms with van der Waals surface area (Å²) in [6.45, 7) is 2.42. The van der Waals surface area contributed by atoms with Crippen molar-refractivity contribution in [3.63, 3.8) is 0 Å². The summed E-state index contributed by atoms with van der Waals surface area (Å²) < 4.78 is 11.3. The van der Waals surface area contributed by atoms with Gasteiger partial charge >= 0.3 is 5.97 Å². The number of ether oxygens (including phenoxy) is 2. The van der Waals surface area contributed by atoms with E-state index in [1.807, 2.05) is 31.2 Å². The van der Waals surface area contributed by atoms with Crippen molar-refractivity contribution < 1.29 is 29.0 Å². The molecule has 0 saturated carbocycles. The number of carbonyl (C=O) groups is 3. The molecule has 3 aromatic rings. The molecule has 0 unspecified atom stereocenters. The minimum absolute atomic E-state index is 0.207. The molecule has 4 rings (SSSR count). The molecule has 1 aliphatic heterocycles. The van der Waals surface area contributed by atoms with E-state index in [0.717, 1.165) is 28.5 Å². The quantitative estimate of drug-likeness (QED) is 0.417. The van der Waals surface area contributed by atoms with Crippen LogP contribution in [0.3, 0.4) is 0 Å². The van der Waals surface area contributed by atoms with E-state index >= 15 is 0 Å². The van der Waals surface area contributed by atoms with Gasteiger partial charge in [-0.3, -0.25) is 14.5 Å². The van der Waals surface area contributed by atoms with Gasteiger partial charge in [-0.15, -0.1) is 0 Å². The molecule has 0 spiro atoms. The Morgan fingerprint density at radius 1 is 1.00 bits per heavy atom. The van der Waals surface area contributed by atoms with Crippen molar-refractivity contribution in [1.82, 2.24) is 4.90 Å². The molecule has 0 aromatic heterocycles. The third-order valence-electron chi connectivity index (χ3n) is 5.38. The van der Waals surface area contributed by atoms with Crippen LogP contribution in [0.1, 0.15) is 32.6 Å². The van der Waals surface area contributed by atoms with E-state index in [1.54, 1.807) is 36.4 Å². The topological polar surface area (TPSA) is 93.1 Å². The lowest BCUT2D eigenvalue weighted by molar-refractivity contribution is -0.123. The Bertz CT molecular complexity index is 1320. The van der Waals surface area contributed by atoms with Crippen molar-refractivity contribution in [2.75, 3.05) is 7.11 Å². The van der Waals surface area contributed by atoms with Gasteiger partial charge in [-0.25, -0.2) is 4.79 Å². The zero-order valence-corrected chi connectivity index (χ0v) is 20.0. The molecule has 7 nitrogen and oxygen atoms in total. The van der Waals surface area contributed by atoms with Crippen LogP contribution in [0.15, 0.2) is 71.6 Å². The van der Waals surface area contributed by atoms with E-state index in [-0.39, 0.29) is 29.9 Å². The number of benzene rings is 3. The molecule has 1 N–H and O–H groups in total. The maximum absolute atomic E-state index is 12.9. The first-order chi connectivity index (χ1) is 16.8. The molecule has 35 heavy (non-hydrogen) atoms. The summed E-state index contributed by atoms with van der Waals surface area (Å²) in [6.07, 6.45) is 1.66. The maximum atomic E-state index is 12.9.